The van der Waals surface area contributed by atoms with Crippen LogP contribution in [0.4, 0.5) is 0 Å². The van der Waals surface area contributed by atoms with Crippen LogP contribution in [0.5, 0.6) is 0 Å². The summed E-state index contributed by atoms with van der Waals surface area (Å²) in [6.45, 7) is 1.43. The molecule has 0 amide bonds. The number of likely N-dealkylation sites (tertiary alicyclic amines) is 1. The van der Waals surface area contributed by atoms with E-state index in [0.717, 1.165) is 24.9 Å². The van der Waals surface area contributed by atoms with Crippen LogP contribution >= 0.6 is 0 Å². The van der Waals surface area contributed by atoms with Crippen LogP contribution in [0.3, 0.4) is 0 Å². The fourth-order valence-corrected chi connectivity index (χ4v) is 3.72. The second-order valence-corrected chi connectivity index (χ2v) is 7.17. The third-order valence-electron chi connectivity index (χ3n) is 3.74. The average molecular weight is 298 g/mol. The van der Waals surface area contributed by atoms with Gasteiger partial charge in [0, 0.05) is 12.6 Å². The first kappa shape index (κ1) is 15.4. The highest BCUT2D eigenvalue weighted by Gasteiger charge is 2.22. The maximum absolute atomic E-state index is 12.1. The van der Waals surface area contributed by atoms with Crippen LogP contribution in [0.25, 0.3) is 0 Å². The summed E-state index contributed by atoms with van der Waals surface area (Å²) in [6, 6.07) is 7.33. The van der Waals surface area contributed by atoms with Crippen LogP contribution in [0.1, 0.15) is 24.0 Å². The van der Waals surface area contributed by atoms with Crippen molar-refractivity contribution in [1.29, 1.82) is 0 Å². The molecule has 0 aromatic heterocycles. The van der Waals surface area contributed by atoms with E-state index in [2.05, 4.69) is 9.62 Å². The lowest BCUT2D eigenvalue weighted by molar-refractivity contribution is 0.281. The molecular formula is C14H22N2O3S. The van der Waals surface area contributed by atoms with Crippen molar-refractivity contribution >= 4 is 10.0 Å². The van der Waals surface area contributed by atoms with Crippen LogP contribution < -0.4 is 4.72 Å². The number of aliphatic hydroxyl groups is 1. The molecule has 0 radical (unpaired) electrons. The van der Waals surface area contributed by atoms with E-state index in [1.54, 1.807) is 24.3 Å². The lowest BCUT2D eigenvalue weighted by Crippen LogP contribution is -2.38. The fourth-order valence-electron chi connectivity index (χ4n) is 2.55. The zero-order valence-electron chi connectivity index (χ0n) is 11.7. The van der Waals surface area contributed by atoms with Gasteiger partial charge in [-0.2, -0.15) is 0 Å². The number of likely N-dealkylation sites (N-methyl/N-ethyl adjacent to an activating group) is 1. The van der Waals surface area contributed by atoms with Gasteiger partial charge in [0.15, 0.2) is 0 Å². The van der Waals surface area contributed by atoms with Crippen molar-refractivity contribution in [3.63, 3.8) is 0 Å². The zero-order chi connectivity index (χ0) is 14.6. The van der Waals surface area contributed by atoms with E-state index in [4.69, 9.17) is 5.11 Å². The lowest BCUT2D eigenvalue weighted by atomic mass is 10.1. The Bertz CT molecular complexity index is 545. The van der Waals surface area contributed by atoms with Gasteiger partial charge in [0.25, 0.3) is 0 Å². The summed E-state index contributed by atoms with van der Waals surface area (Å²) in [5, 5.41) is 9.07. The monoisotopic (exact) mass is 298 g/mol. The highest BCUT2D eigenvalue weighted by Crippen LogP contribution is 2.14. The molecule has 2 N–H and O–H groups in total. The highest BCUT2D eigenvalue weighted by atomic mass is 32.2. The molecule has 1 aliphatic rings. The summed E-state index contributed by atoms with van der Waals surface area (Å²) >= 11 is 0. The summed E-state index contributed by atoms with van der Waals surface area (Å²) in [4.78, 5) is 2.19. The molecule has 1 aliphatic heterocycles. The van der Waals surface area contributed by atoms with Crippen LogP contribution in [0.2, 0.25) is 0 Å². The minimum Gasteiger partial charge on any atom is -0.392 e. The number of aliphatic hydroxyl groups excluding tert-OH is 1. The Hall–Kier alpha value is -0.950. The first-order chi connectivity index (χ1) is 9.50. The second kappa shape index (κ2) is 6.67. The number of benzene rings is 1. The molecule has 5 nitrogen and oxygen atoms in total. The Morgan fingerprint density at radius 2 is 2.15 bits per heavy atom. The van der Waals surface area contributed by atoms with Crippen molar-refractivity contribution in [2.45, 2.75) is 31.2 Å². The molecule has 0 spiro atoms. The lowest BCUT2D eigenvalue weighted by Gasteiger charge is -2.19. The van der Waals surface area contributed by atoms with Gasteiger partial charge >= 0.3 is 0 Å². The third-order valence-corrected chi connectivity index (χ3v) is 5.06. The Labute approximate surface area is 120 Å². The van der Waals surface area contributed by atoms with Crippen LogP contribution in [-0.4, -0.2) is 44.6 Å². The third kappa shape index (κ3) is 4.28. The second-order valence-electron chi connectivity index (χ2n) is 5.36. The Balaban J connectivity index is 1.93. The van der Waals surface area contributed by atoms with Crippen molar-refractivity contribution in [1.82, 2.24) is 9.62 Å². The van der Waals surface area contributed by atoms with Crippen molar-refractivity contribution in [2.24, 2.45) is 0 Å². The van der Waals surface area contributed by atoms with Crippen LogP contribution in [0.15, 0.2) is 24.3 Å². The number of nitrogens with zero attached hydrogens (tertiary/aromatic N) is 1. The Morgan fingerprint density at radius 1 is 1.40 bits per heavy atom. The number of nitrogens with one attached hydrogen (secondary N) is 1. The molecule has 1 fully saturated rings. The van der Waals surface area contributed by atoms with Crippen LogP contribution in [0, 0.1) is 0 Å². The molecule has 6 heteroatoms. The van der Waals surface area contributed by atoms with Crippen molar-refractivity contribution in [2.75, 3.05) is 20.1 Å². The van der Waals surface area contributed by atoms with Gasteiger partial charge in [0.1, 0.15) is 0 Å². The first-order valence-electron chi connectivity index (χ1n) is 6.86. The molecule has 1 aromatic carbocycles. The summed E-state index contributed by atoms with van der Waals surface area (Å²) in [5.41, 5.74) is 1.43. The molecule has 1 saturated heterocycles. The first-order valence-corrected chi connectivity index (χ1v) is 8.51. The molecule has 112 valence electrons. The van der Waals surface area contributed by atoms with Crippen molar-refractivity contribution in [3.05, 3.63) is 35.4 Å². The summed E-state index contributed by atoms with van der Waals surface area (Å²) in [7, 11) is -1.30. The quantitative estimate of drug-likeness (QED) is 0.811. The molecule has 0 saturated carbocycles. The van der Waals surface area contributed by atoms with Crippen molar-refractivity contribution in [3.8, 4) is 0 Å². The number of hydrogen-bond acceptors (Lipinski definition) is 4. The zero-order valence-corrected chi connectivity index (χ0v) is 12.6. The van der Waals surface area contributed by atoms with E-state index in [1.807, 2.05) is 7.05 Å². The minimum absolute atomic E-state index is 0.0444. The van der Waals surface area contributed by atoms with E-state index in [-0.39, 0.29) is 12.4 Å². The Morgan fingerprint density at radius 3 is 2.80 bits per heavy atom. The van der Waals surface area contributed by atoms with Crippen molar-refractivity contribution < 1.29 is 13.5 Å². The van der Waals surface area contributed by atoms with E-state index in [0.29, 0.717) is 18.2 Å². The molecule has 0 aliphatic carbocycles. The van der Waals surface area contributed by atoms with Gasteiger partial charge in [-0.25, -0.2) is 13.1 Å². The van der Waals surface area contributed by atoms with Gasteiger partial charge < -0.3 is 10.0 Å². The molecule has 1 aromatic rings. The molecule has 0 bridgehead atoms. The largest absolute Gasteiger partial charge is 0.392 e. The van der Waals surface area contributed by atoms with Crippen LogP contribution in [-0.2, 0) is 22.4 Å². The summed E-state index contributed by atoms with van der Waals surface area (Å²) in [6.07, 6.45) is 2.17. The van der Waals surface area contributed by atoms with E-state index in [9.17, 15) is 8.42 Å². The van der Waals surface area contributed by atoms with Gasteiger partial charge in [-0.05, 0) is 37.6 Å². The number of rotatable bonds is 6. The van der Waals surface area contributed by atoms with E-state index >= 15 is 0 Å². The maximum atomic E-state index is 12.1. The molecule has 1 atom stereocenters. The standard InChI is InChI=1S/C14H22N2O3S/c1-16-7-3-6-14(16)9-15-20(18,19)11-13-5-2-4-12(8-13)10-17/h2,4-5,8,14-15,17H,3,6-7,9-11H2,1H3. The van der Waals surface area contributed by atoms with Gasteiger partial charge in [-0.3, -0.25) is 0 Å². The fraction of sp³-hybridized carbons (Fsp3) is 0.571. The maximum Gasteiger partial charge on any atom is 0.215 e. The Kier molecular flexibility index (Phi) is 5.15. The predicted octanol–water partition coefficient (Wildman–Crippen LogP) is 0.692. The molecule has 1 heterocycles. The normalized spacial score (nSPS) is 20.4. The topological polar surface area (TPSA) is 69.6 Å². The van der Waals surface area contributed by atoms with Gasteiger partial charge in [0.05, 0.1) is 12.4 Å². The van der Waals surface area contributed by atoms with E-state index < -0.39 is 10.0 Å². The smallest absolute Gasteiger partial charge is 0.215 e. The van der Waals surface area contributed by atoms with Gasteiger partial charge in [0.2, 0.25) is 10.0 Å². The number of sulfonamides is 1. The molecule has 20 heavy (non-hydrogen) atoms. The SMILES string of the molecule is CN1CCCC1CNS(=O)(=O)Cc1cccc(CO)c1. The molecule has 1 unspecified atom stereocenters. The summed E-state index contributed by atoms with van der Waals surface area (Å²) in [5.74, 6) is -0.0444. The summed E-state index contributed by atoms with van der Waals surface area (Å²) < 4.78 is 26.8. The average Bonchev–Trinajstić information content (AvgIpc) is 2.82. The number of hydrogen-bond donors (Lipinski definition) is 2. The highest BCUT2D eigenvalue weighted by molar-refractivity contribution is 7.88. The molecule has 2 rings (SSSR count). The minimum atomic E-state index is -3.33. The van der Waals surface area contributed by atoms with Gasteiger partial charge in [-0.1, -0.05) is 24.3 Å². The predicted molar refractivity (Wildman–Crippen MR) is 78.6 cm³/mol. The van der Waals surface area contributed by atoms with Gasteiger partial charge in [-0.15, -0.1) is 0 Å². The van der Waals surface area contributed by atoms with E-state index in [1.165, 1.54) is 0 Å². The molecular weight excluding hydrogens is 276 g/mol.